The second kappa shape index (κ2) is 3.77. The Labute approximate surface area is 86.9 Å². The molecule has 2 rings (SSSR count). The van der Waals surface area contributed by atoms with Crippen molar-refractivity contribution in [3.8, 4) is 6.07 Å². The van der Waals surface area contributed by atoms with Crippen molar-refractivity contribution in [2.45, 2.75) is 11.8 Å². The molecule has 1 aromatic carbocycles. The van der Waals surface area contributed by atoms with Crippen LogP contribution in [0.4, 0.5) is 0 Å². The molecule has 0 saturated heterocycles. The number of aromatic nitrogens is 1. The molecule has 0 atom stereocenters. The highest BCUT2D eigenvalue weighted by atomic mass is 32.2. The third kappa shape index (κ3) is 1.49. The maximum atomic E-state index is 8.55. The normalized spacial score (nSPS) is 10.3. The maximum absolute atomic E-state index is 8.55. The number of rotatable bonds is 2. The molecule has 70 valence electrons. The number of para-hydroxylation sites is 1. The average molecular weight is 202 g/mol. The summed E-state index contributed by atoms with van der Waals surface area (Å²) in [5.41, 5.74) is 2.29. The Morgan fingerprint density at radius 1 is 1.43 bits per heavy atom. The van der Waals surface area contributed by atoms with Crippen molar-refractivity contribution in [3.63, 3.8) is 0 Å². The van der Waals surface area contributed by atoms with Crippen LogP contribution in [-0.4, -0.2) is 10.7 Å². The predicted octanol–water partition coefficient (Wildman–Crippen LogP) is 3.09. The molecule has 2 aromatic rings. The van der Waals surface area contributed by atoms with Crippen molar-refractivity contribution in [1.29, 1.82) is 5.26 Å². The van der Waals surface area contributed by atoms with Gasteiger partial charge in [0.05, 0.1) is 11.8 Å². The highest BCUT2D eigenvalue weighted by Gasteiger charge is 2.07. The number of aromatic amines is 1. The van der Waals surface area contributed by atoms with Crippen molar-refractivity contribution in [2.24, 2.45) is 0 Å². The van der Waals surface area contributed by atoms with Gasteiger partial charge in [-0.25, -0.2) is 0 Å². The van der Waals surface area contributed by atoms with E-state index < -0.39 is 0 Å². The summed E-state index contributed by atoms with van der Waals surface area (Å²) in [4.78, 5) is 4.50. The summed E-state index contributed by atoms with van der Waals surface area (Å²) >= 11 is 1.59. The van der Waals surface area contributed by atoms with Crippen LogP contribution in [0, 0.1) is 18.3 Å². The summed E-state index contributed by atoms with van der Waals surface area (Å²) in [7, 11) is 0. The van der Waals surface area contributed by atoms with Gasteiger partial charge in [0.15, 0.2) is 0 Å². The van der Waals surface area contributed by atoms with Gasteiger partial charge in [-0.2, -0.15) is 5.26 Å². The Balaban J connectivity index is 2.52. The number of H-pyrrole nitrogens is 1. The van der Waals surface area contributed by atoms with Crippen molar-refractivity contribution < 1.29 is 0 Å². The van der Waals surface area contributed by atoms with E-state index in [1.807, 2.05) is 19.1 Å². The number of thioether (sulfide) groups is 1. The first-order valence-electron chi connectivity index (χ1n) is 4.40. The molecule has 0 radical (unpaired) electrons. The maximum Gasteiger partial charge on any atom is 0.0856 e. The molecule has 0 fully saturated rings. The quantitative estimate of drug-likeness (QED) is 0.760. The summed E-state index contributed by atoms with van der Waals surface area (Å²) in [5.74, 6) is 0.503. The van der Waals surface area contributed by atoms with E-state index in [9.17, 15) is 0 Å². The standard InChI is InChI=1S/C11H10N2S/c1-8-11(14-7-6-12)9-4-2-3-5-10(9)13-8/h2-5,13H,7H2,1H3. The number of nitrogens with one attached hydrogen (secondary N) is 1. The lowest BCUT2D eigenvalue weighted by Gasteiger charge is -1.95. The van der Waals surface area contributed by atoms with Gasteiger partial charge in [-0.1, -0.05) is 18.2 Å². The van der Waals surface area contributed by atoms with Crippen LogP contribution in [0.15, 0.2) is 29.2 Å². The van der Waals surface area contributed by atoms with E-state index in [0.29, 0.717) is 5.75 Å². The molecule has 0 unspecified atom stereocenters. The van der Waals surface area contributed by atoms with Crippen molar-refractivity contribution in [1.82, 2.24) is 4.98 Å². The van der Waals surface area contributed by atoms with Gasteiger partial charge in [-0.05, 0) is 13.0 Å². The van der Waals surface area contributed by atoms with E-state index in [4.69, 9.17) is 5.26 Å². The summed E-state index contributed by atoms with van der Waals surface area (Å²) in [6.45, 7) is 2.04. The molecule has 0 saturated carbocycles. The fraction of sp³-hybridized carbons (Fsp3) is 0.182. The molecule has 2 nitrogen and oxygen atoms in total. The van der Waals surface area contributed by atoms with Gasteiger partial charge >= 0.3 is 0 Å². The summed E-state index contributed by atoms with van der Waals surface area (Å²) in [5, 5.41) is 9.76. The number of benzene rings is 1. The lowest BCUT2D eigenvalue weighted by Crippen LogP contribution is -1.75. The highest BCUT2D eigenvalue weighted by molar-refractivity contribution is 7.99. The number of nitriles is 1. The van der Waals surface area contributed by atoms with Crippen molar-refractivity contribution >= 4 is 22.7 Å². The molecular formula is C11H10N2S. The molecule has 14 heavy (non-hydrogen) atoms. The zero-order valence-electron chi connectivity index (χ0n) is 7.87. The van der Waals surface area contributed by atoms with Gasteiger partial charge in [0.25, 0.3) is 0 Å². The molecule has 1 heterocycles. The van der Waals surface area contributed by atoms with Crippen LogP contribution in [0.3, 0.4) is 0 Å². The molecule has 0 amide bonds. The first-order valence-corrected chi connectivity index (χ1v) is 5.38. The van der Waals surface area contributed by atoms with E-state index in [0.717, 1.165) is 11.2 Å². The number of hydrogen-bond acceptors (Lipinski definition) is 2. The number of fused-ring (bicyclic) bond motifs is 1. The van der Waals surface area contributed by atoms with E-state index in [-0.39, 0.29) is 0 Å². The molecule has 1 aromatic heterocycles. The molecule has 1 N–H and O–H groups in total. The van der Waals surface area contributed by atoms with E-state index >= 15 is 0 Å². The van der Waals surface area contributed by atoms with Crippen LogP contribution in [0.25, 0.3) is 10.9 Å². The molecule has 0 spiro atoms. The third-order valence-corrected chi connectivity index (χ3v) is 3.20. The third-order valence-electron chi connectivity index (χ3n) is 2.12. The molecule has 0 aliphatic rings. The smallest absolute Gasteiger partial charge is 0.0856 e. The molecule has 0 aliphatic heterocycles. The van der Waals surface area contributed by atoms with Gasteiger partial charge in [-0.15, -0.1) is 11.8 Å². The van der Waals surface area contributed by atoms with Crippen LogP contribution in [0.1, 0.15) is 5.69 Å². The number of nitrogens with zero attached hydrogens (tertiary/aromatic N) is 1. The van der Waals surface area contributed by atoms with Gasteiger partial charge in [-0.3, -0.25) is 0 Å². The Morgan fingerprint density at radius 3 is 3.00 bits per heavy atom. The lowest BCUT2D eigenvalue weighted by atomic mass is 10.2. The average Bonchev–Trinajstić information content (AvgIpc) is 2.51. The van der Waals surface area contributed by atoms with Crippen LogP contribution in [0.5, 0.6) is 0 Å². The van der Waals surface area contributed by atoms with Crippen LogP contribution >= 0.6 is 11.8 Å². The van der Waals surface area contributed by atoms with E-state index in [1.54, 1.807) is 11.8 Å². The summed E-state index contributed by atoms with van der Waals surface area (Å²) in [6, 6.07) is 10.3. The van der Waals surface area contributed by atoms with Gasteiger partial charge in [0.2, 0.25) is 0 Å². The second-order valence-electron chi connectivity index (χ2n) is 3.07. The second-order valence-corrected chi connectivity index (χ2v) is 4.06. The Hall–Kier alpha value is -1.40. The van der Waals surface area contributed by atoms with Crippen LogP contribution in [0.2, 0.25) is 0 Å². The Bertz CT molecular complexity index is 493. The minimum absolute atomic E-state index is 0.503. The minimum atomic E-state index is 0.503. The first kappa shape index (κ1) is 9.17. The van der Waals surface area contributed by atoms with E-state index in [2.05, 4.69) is 23.2 Å². The van der Waals surface area contributed by atoms with Crippen molar-refractivity contribution in [3.05, 3.63) is 30.0 Å². The molecule has 0 aliphatic carbocycles. The fourth-order valence-corrected chi connectivity index (χ4v) is 2.35. The Kier molecular flexibility index (Phi) is 2.47. The van der Waals surface area contributed by atoms with E-state index in [1.165, 1.54) is 10.3 Å². The Morgan fingerprint density at radius 2 is 2.21 bits per heavy atom. The van der Waals surface area contributed by atoms with Crippen molar-refractivity contribution in [2.75, 3.05) is 5.75 Å². The van der Waals surface area contributed by atoms with Gasteiger partial charge in [0.1, 0.15) is 0 Å². The molecular weight excluding hydrogens is 192 g/mol. The first-order chi connectivity index (χ1) is 6.83. The number of hydrogen-bond donors (Lipinski definition) is 1. The lowest BCUT2D eigenvalue weighted by molar-refractivity contribution is 1.23. The monoisotopic (exact) mass is 202 g/mol. The topological polar surface area (TPSA) is 39.6 Å². The zero-order chi connectivity index (χ0) is 9.97. The highest BCUT2D eigenvalue weighted by Crippen LogP contribution is 2.30. The minimum Gasteiger partial charge on any atom is -0.358 e. The zero-order valence-corrected chi connectivity index (χ0v) is 8.69. The fourth-order valence-electron chi connectivity index (χ4n) is 1.54. The van der Waals surface area contributed by atoms with Crippen LogP contribution in [-0.2, 0) is 0 Å². The SMILES string of the molecule is Cc1[nH]c2ccccc2c1SCC#N. The largest absolute Gasteiger partial charge is 0.358 e. The number of aryl methyl sites for hydroxylation is 1. The molecule has 3 heteroatoms. The predicted molar refractivity (Wildman–Crippen MR) is 59.4 cm³/mol. The molecule has 0 bridgehead atoms. The van der Waals surface area contributed by atoms with Gasteiger partial charge in [0, 0.05) is 21.5 Å². The van der Waals surface area contributed by atoms with Gasteiger partial charge < -0.3 is 4.98 Å². The summed E-state index contributed by atoms with van der Waals surface area (Å²) < 4.78 is 0. The van der Waals surface area contributed by atoms with Crippen LogP contribution < -0.4 is 0 Å². The summed E-state index contributed by atoms with van der Waals surface area (Å²) in [6.07, 6.45) is 0.